The number of nitrogens with zero attached hydrogens (tertiary/aromatic N) is 2. The van der Waals surface area contributed by atoms with Crippen molar-refractivity contribution in [1.82, 2.24) is 9.55 Å². The second kappa shape index (κ2) is 7.02. The standard InChI is InChI=1S/C19H16F5N3/c1-11-26-18(19(2,23)24)10-27(11)14-5-3-13(4-6-14)25-9-15-16(21)7-12(20)8-17(15)22/h3-8,10,25H,9H2,1-2H3. The molecule has 0 unspecified atom stereocenters. The Bertz CT molecular complexity index is 935. The molecule has 0 saturated heterocycles. The number of benzene rings is 2. The lowest BCUT2D eigenvalue weighted by Crippen LogP contribution is -2.07. The molecule has 0 aliphatic heterocycles. The molecule has 3 aromatic rings. The SMILES string of the molecule is Cc1nc(C(C)(F)F)cn1-c1ccc(NCc2c(F)cc(F)cc2F)cc1. The molecule has 0 amide bonds. The van der Waals surface area contributed by atoms with Crippen LogP contribution in [0.5, 0.6) is 0 Å². The van der Waals surface area contributed by atoms with Crippen molar-refractivity contribution in [2.24, 2.45) is 0 Å². The highest BCUT2D eigenvalue weighted by Crippen LogP contribution is 2.27. The summed E-state index contributed by atoms with van der Waals surface area (Å²) in [5.41, 5.74) is 0.561. The van der Waals surface area contributed by atoms with Crippen molar-refractivity contribution >= 4 is 5.69 Å². The molecule has 0 aliphatic carbocycles. The van der Waals surface area contributed by atoms with Gasteiger partial charge in [-0.3, -0.25) is 0 Å². The highest BCUT2D eigenvalue weighted by Gasteiger charge is 2.28. The molecule has 0 saturated carbocycles. The van der Waals surface area contributed by atoms with E-state index in [0.29, 0.717) is 29.3 Å². The summed E-state index contributed by atoms with van der Waals surface area (Å²) in [7, 11) is 0. The van der Waals surface area contributed by atoms with Crippen molar-refractivity contribution in [2.45, 2.75) is 26.3 Å². The van der Waals surface area contributed by atoms with Crippen LogP contribution in [0.1, 0.15) is 24.0 Å². The average Bonchev–Trinajstić information content (AvgIpc) is 2.96. The molecule has 1 N–H and O–H groups in total. The molecule has 0 aliphatic rings. The number of halogens is 5. The minimum atomic E-state index is -3.04. The molecule has 0 atom stereocenters. The molecule has 0 radical (unpaired) electrons. The number of nitrogens with one attached hydrogen (secondary N) is 1. The largest absolute Gasteiger partial charge is 0.381 e. The van der Waals surface area contributed by atoms with Crippen LogP contribution in [-0.4, -0.2) is 9.55 Å². The Hall–Kier alpha value is -2.90. The summed E-state index contributed by atoms with van der Waals surface area (Å²) in [6.07, 6.45) is 1.26. The van der Waals surface area contributed by atoms with Gasteiger partial charge in [-0.05, 0) is 31.2 Å². The van der Waals surface area contributed by atoms with E-state index >= 15 is 0 Å². The molecule has 3 rings (SSSR count). The fourth-order valence-electron chi connectivity index (χ4n) is 2.62. The first-order valence-corrected chi connectivity index (χ1v) is 8.07. The summed E-state index contributed by atoms with van der Waals surface area (Å²) >= 11 is 0. The van der Waals surface area contributed by atoms with Crippen molar-refractivity contribution in [2.75, 3.05) is 5.32 Å². The highest BCUT2D eigenvalue weighted by molar-refractivity contribution is 5.49. The molecule has 27 heavy (non-hydrogen) atoms. The fraction of sp³-hybridized carbons (Fsp3) is 0.211. The van der Waals surface area contributed by atoms with Crippen LogP contribution < -0.4 is 5.32 Å². The van der Waals surface area contributed by atoms with Gasteiger partial charge in [-0.2, -0.15) is 8.78 Å². The molecular weight excluding hydrogens is 365 g/mol. The van der Waals surface area contributed by atoms with E-state index in [1.165, 1.54) is 10.8 Å². The van der Waals surface area contributed by atoms with Gasteiger partial charge in [0.25, 0.3) is 5.92 Å². The quantitative estimate of drug-likeness (QED) is 0.606. The second-order valence-corrected chi connectivity index (χ2v) is 6.18. The van der Waals surface area contributed by atoms with Crippen molar-refractivity contribution in [3.05, 3.63) is 77.1 Å². The van der Waals surface area contributed by atoms with E-state index < -0.39 is 23.4 Å². The van der Waals surface area contributed by atoms with Gasteiger partial charge in [0.15, 0.2) is 0 Å². The van der Waals surface area contributed by atoms with E-state index in [2.05, 4.69) is 10.3 Å². The predicted octanol–water partition coefficient (Wildman–Crippen LogP) is 5.32. The second-order valence-electron chi connectivity index (χ2n) is 6.18. The zero-order valence-corrected chi connectivity index (χ0v) is 14.5. The maximum absolute atomic E-state index is 13.7. The summed E-state index contributed by atoms with van der Waals surface area (Å²) < 4.78 is 68.6. The maximum atomic E-state index is 13.7. The van der Waals surface area contributed by atoms with E-state index in [-0.39, 0.29) is 17.8 Å². The van der Waals surface area contributed by atoms with Crippen LogP contribution in [0.25, 0.3) is 5.69 Å². The van der Waals surface area contributed by atoms with Gasteiger partial charge in [0.05, 0.1) is 0 Å². The Balaban J connectivity index is 1.76. The summed E-state index contributed by atoms with van der Waals surface area (Å²) in [4.78, 5) is 3.87. The Morgan fingerprint density at radius 1 is 1.04 bits per heavy atom. The van der Waals surface area contributed by atoms with Gasteiger partial charge >= 0.3 is 0 Å². The van der Waals surface area contributed by atoms with Crippen LogP contribution in [0.4, 0.5) is 27.6 Å². The molecule has 3 nitrogen and oxygen atoms in total. The molecule has 0 bridgehead atoms. The van der Waals surface area contributed by atoms with Crippen LogP contribution >= 0.6 is 0 Å². The minimum Gasteiger partial charge on any atom is -0.381 e. The third kappa shape index (κ3) is 4.10. The lowest BCUT2D eigenvalue weighted by molar-refractivity contribution is 0.0130. The fourth-order valence-corrected chi connectivity index (χ4v) is 2.62. The first-order chi connectivity index (χ1) is 12.6. The van der Waals surface area contributed by atoms with Crippen molar-refractivity contribution in [3.8, 4) is 5.69 Å². The summed E-state index contributed by atoms with van der Waals surface area (Å²) in [6, 6.07) is 7.83. The molecule has 142 valence electrons. The Morgan fingerprint density at radius 3 is 2.15 bits per heavy atom. The topological polar surface area (TPSA) is 29.9 Å². The van der Waals surface area contributed by atoms with E-state index in [0.717, 1.165) is 6.92 Å². The number of aryl methyl sites for hydroxylation is 1. The number of rotatable bonds is 5. The first-order valence-electron chi connectivity index (χ1n) is 8.07. The number of hydrogen-bond acceptors (Lipinski definition) is 2. The number of hydrogen-bond donors (Lipinski definition) is 1. The first kappa shape index (κ1) is 18.9. The Labute approximate surface area is 152 Å². The lowest BCUT2D eigenvalue weighted by Gasteiger charge is -2.10. The van der Waals surface area contributed by atoms with Gasteiger partial charge in [0.1, 0.15) is 29.0 Å². The third-order valence-corrected chi connectivity index (χ3v) is 4.05. The molecule has 8 heteroatoms. The van der Waals surface area contributed by atoms with Gasteiger partial charge in [-0.1, -0.05) is 0 Å². The summed E-state index contributed by atoms with van der Waals surface area (Å²) in [5, 5.41) is 2.84. The molecule has 0 fully saturated rings. The molecular formula is C19H16F5N3. The van der Waals surface area contributed by atoms with E-state index in [1.807, 2.05) is 0 Å². The van der Waals surface area contributed by atoms with Gasteiger partial charge in [-0.25, -0.2) is 18.2 Å². The molecule has 0 spiro atoms. The number of imidazole rings is 1. The van der Waals surface area contributed by atoms with Crippen molar-refractivity contribution in [1.29, 1.82) is 0 Å². The van der Waals surface area contributed by atoms with E-state index in [1.54, 1.807) is 31.2 Å². The van der Waals surface area contributed by atoms with Crippen LogP contribution in [0.3, 0.4) is 0 Å². The number of alkyl halides is 2. The van der Waals surface area contributed by atoms with Crippen LogP contribution in [-0.2, 0) is 12.5 Å². The zero-order valence-electron chi connectivity index (χ0n) is 14.5. The lowest BCUT2D eigenvalue weighted by atomic mass is 10.2. The van der Waals surface area contributed by atoms with E-state index in [9.17, 15) is 22.0 Å². The summed E-state index contributed by atoms with van der Waals surface area (Å²) in [5.74, 6) is -5.56. The summed E-state index contributed by atoms with van der Waals surface area (Å²) in [6.45, 7) is 2.22. The van der Waals surface area contributed by atoms with Crippen molar-refractivity contribution < 1.29 is 22.0 Å². The Morgan fingerprint density at radius 2 is 1.63 bits per heavy atom. The molecule has 2 aromatic carbocycles. The van der Waals surface area contributed by atoms with Crippen LogP contribution in [0.2, 0.25) is 0 Å². The molecule has 1 heterocycles. The zero-order chi connectivity index (χ0) is 19.8. The highest BCUT2D eigenvalue weighted by atomic mass is 19.3. The average molecular weight is 381 g/mol. The van der Waals surface area contributed by atoms with Crippen LogP contribution in [0, 0.1) is 24.4 Å². The smallest absolute Gasteiger partial charge is 0.288 e. The van der Waals surface area contributed by atoms with E-state index in [4.69, 9.17) is 0 Å². The van der Waals surface area contributed by atoms with Gasteiger partial charge in [0, 0.05) is 48.7 Å². The predicted molar refractivity (Wildman–Crippen MR) is 91.5 cm³/mol. The normalized spacial score (nSPS) is 11.7. The number of aromatic nitrogens is 2. The third-order valence-electron chi connectivity index (χ3n) is 4.05. The van der Waals surface area contributed by atoms with Gasteiger partial charge < -0.3 is 9.88 Å². The van der Waals surface area contributed by atoms with Gasteiger partial charge in [-0.15, -0.1) is 0 Å². The molecule has 1 aromatic heterocycles. The van der Waals surface area contributed by atoms with Gasteiger partial charge in [0.2, 0.25) is 0 Å². The maximum Gasteiger partial charge on any atom is 0.288 e. The minimum absolute atomic E-state index is 0.173. The van der Waals surface area contributed by atoms with Crippen LogP contribution in [0.15, 0.2) is 42.6 Å². The monoisotopic (exact) mass is 381 g/mol. The van der Waals surface area contributed by atoms with Crippen molar-refractivity contribution in [3.63, 3.8) is 0 Å². The number of anilines is 1. The Kier molecular flexibility index (Phi) is 4.91.